The molecule has 2 aromatic carbocycles. The Morgan fingerprint density at radius 2 is 1.90 bits per heavy atom. The van der Waals surface area contributed by atoms with E-state index in [-0.39, 0.29) is 5.75 Å². The highest BCUT2D eigenvalue weighted by atomic mass is 79.9. The van der Waals surface area contributed by atoms with Crippen molar-refractivity contribution in [2.24, 2.45) is 0 Å². The molecular weight excluding hydrogens is 462 g/mol. The fraction of sp³-hybridized carbons (Fsp3) is 0.304. The number of phenols is 1. The molecule has 2 aliphatic heterocycles. The van der Waals surface area contributed by atoms with Crippen molar-refractivity contribution >= 4 is 33.3 Å². The minimum atomic E-state index is -0.451. The molecule has 1 fully saturated rings. The molecule has 4 rings (SSSR count). The molecule has 162 valence electrons. The number of hydrogen-bond acceptors (Lipinski definition) is 6. The van der Waals surface area contributed by atoms with Gasteiger partial charge in [-0.2, -0.15) is 0 Å². The van der Waals surface area contributed by atoms with E-state index in [4.69, 9.17) is 4.74 Å². The van der Waals surface area contributed by atoms with Crippen molar-refractivity contribution in [3.63, 3.8) is 0 Å². The Labute approximate surface area is 189 Å². The molecule has 31 heavy (non-hydrogen) atoms. The number of carbonyl (C=O) groups is 2. The van der Waals surface area contributed by atoms with Crippen LogP contribution < -0.4 is 15.4 Å². The molecule has 0 aromatic heterocycles. The molecule has 8 heteroatoms. The summed E-state index contributed by atoms with van der Waals surface area (Å²) in [5.74, 6) is -0.309. The van der Waals surface area contributed by atoms with Crippen LogP contribution in [0.1, 0.15) is 34.3 Å². The van der Waals surface area contributed by atoms with Crippen LogP contribution in [-0.4, -0.2) is 48.1 Å². The molecule has 3 N–H and O–H groups in total. The lowest BCUT2D eigenvalue weighted by Gasteiger charge is -2.18. The summed E-state index contributed by atoms with van der Waals surface area (Å²) in [6.45, 7) is 4.03. The molecule has 0 unspecified atom stereocenters. The quantitative estimate of drug-likeness (QED) is 0.412. The lowest BCUT2D eigenvalue weighted by molar-refractivity contribution is -0.114. The summed E-state index contributed by atoms with van der Waals surface area (Å²) in [4.78, 5) is 26.7. The molecule has 0 spiro atoms. The van der Waals surface area contributed by atoms with E-state index in [1.807, 2.05) is 6.07 Å². The van der Waals surface area contributed by atoms with Gasteiger partial charge in [0.25, 0.3) is 11.8 Å². The predicted molar refractivity (Wildman–Crippen MR) is 121 cm³/mol. The molecule has 0 aliphatic carbocycles. The summed E-state index contributed by atoms with van der Waals surface area (Å²) in [5, 5.41) is 15.7. The van der Waals surface area contributed by atoms with Gasteiger partial charge in [-0.15, -0.1) is 0 Å². The third kappa shape index (κ3) is 5.08. The van der Waals surface area contributed by atoms with Gasteiger partial charge in [0.1, 0.15) is 6.61 Å². The summed E-state index contributed by atoms with van der Waals surface area (Å²) < 4.78 is 6.50. The first-order valence-electron chi connectivity index (χ1n) is 10.3. The lowest BCUT2D eigenvalue weighted by Crippen LogP contribution is -2.37. The van der Waals surface area contributed by atoms with E-state index < -0.39 is 11.8 Å². The molecule has 0 bridgehead atoms. The zero-order valence-corrected chi connectivity index (χ0v) is 18.6. The van der Waals surface area contributed by atoms with Crippen molar-refractivity contribution in [2.45, 2.75) is 19.4 Å². The number of rotatable bonds is 7. The van der Waals surface area contributed by atoms with E-state index >= 15 is 0 Å². The average Bonchev–Trinajstić information content (AvgIpc) is 3.25. The van der Waals surface area contributed by atoms with Crippen molar-refractivity contribution in [3.8, 4) is 11.5 Å². The van der Waals surface area contributed by atoms with E-state index in [1.54, 1.807) is 36.5 Å². The summed E-state index contributed by atoms with van der Waals surface area (Å²) in [6, 6.07) is 10.4. The van der Waals surface area contributed by atoms with Gasteiger partial charge < -0.3 is 15.2 Å². The normalized spacial score (nSPS) is 17.5. The lowest BCUT2D eigenvalue weighted by atomic mass is 9.95. The molecule has 0 atom stereocenters. The van der Waals surface area contributed by atoms with Crippen molar-refractivity contribution in [1.29, 1.82) is 0 Å². The first kappa shape index (κ1) is 21.4. The van der Waals surface area contributed by atoms with Crippen LogP contribution in [0, 0.1) is 0 Å². The first-order chi connectivity index (χ1) is 15.0. The van der Waals surface area contributed by atoms with E-state index in [1.165, 1.54) is 12.8 Å². The standard InChI is InChI=1S/C23H24BrN3O4/c24-16-4-5-17-18(12-16)19(23(30)26-22(17)29)14-25-13-15-3-6-21(20(28)11-15)31-10-9-27-7-1-2-8-27/h3-6,11-12,14,25,28H,1-2,7-10,13H2,(H,26,29,30). The van der Waals surface area contributed by atoms with Crippen molar-refractivity contribution < 1.29 is 19.4 Å². The minimum absolute atomic E-state index is 0.0867. The fourth-order valence-electron chi connectivity index (χ4n) is 3.80. The zero-order valence-electron chi connectivity index (χ0n) is 17.0. The number of nitrogens with one attached hydrogen (secondary N) is 2. The molecule has 2 heterocycles. The second-order valence-corrected chi connectivity index (χ2v) is 8.53. The summed E-state index contributed by atoms with van der Waals surface area (Å²) in [7, 11) is 0. The number of benzene rings is 2. The Morgan fingerprint density at radius 3 is 2.68 bits per heavy atom. The van der Waals surface area contributed by atoms with Gasteiger partial charge in [-0.3, -0.25) is 19.8 Å². The number of phenolic OH excluding ortho intramolecular Hbond substituents is 1. The number of fused-ring (bicyclic) bond motifs is 1. The summed E-state index contributed by atoms with van der Waals surface area (Å²) >= 11 is 3.38. The van der Waals surface area contributed by atoms with E-state index in [0.717, 1.165) is 29.7 Å². The van der Waals surface area contributed by atoms with Gasteiger partial charge in [0.2, 0.25) is 0 Å². The second-order valence-electron chi connectivity index (χ2n) is 7.61. The maximum Gasteiger partial charge on any atom is 0.260 e. The third-order valence-electron chi connectivity index (χ3n) is 5.43. The summed E-state index contributed by atoms with van der Waals surface area (Å²) in [5.41, 5.74) is 2.23. The monoisotopic (exact) mass is 485 g/mol. The Balaban J connectivity index is 1.38. The number of carbonyl (C=O) groups excluding carboxylic acids is 2. The average molecular weight is 486 g/mol. The van der Waals surface area contributed by atoms with Crippen LogP contribution in [-0.2, 0) is 11.3 Å². The molecule has 0 radical (unpaired) electrons. The number of aromatic hydroxyl groups is 1. The molecule has 2 aromatic rings. The van der Waals surface area contributed by atoms with Gasteiger partial charge in [-0.05, 0) is 61.8 Å². The number of likely N-dealkylation sites (tertiary alicyclic amines) is 1. The first-order valence-corrected chi connectivity index (χ1v) is 11.1. The number of ether oxygens (including phenoxy) is 1. The van der Waals surface area contributed by atoms with Crippen LogP contribution >= 0.6 is 15.9 Å². The molecular formula is C23H24BrN3O4. The number of nitrogens with zero attached hydrogens (tertiary/aromatic N) is 1. The largest absolute Gasteiger partial charge is 0.504 e. The van der Waals surface area contributed by atoms with Crippen LogP contribution in [0.25, 0.3) is 5.57 Å². The topological polar surface area (TPSA) is 90.9 Å². The SMILES string of the molecule is O=C1NC(=O)c2ccc(Br)cc2C1=CNCc1ccc(OCCN2CCCC2)c(O)c1. The van der Waals surface area contributed by atoms with Crippen LogP contribution in [0.5, 0.6) is 11.5 Å². The van der Waals surface area contributed by atoms with Crippen molar-refractivity contribution in [3.05, 3.63) is 63.8 Å². The number of amides is 2. The Morgan fingerprint density at radius 1 is 1.10 bits per heavy atom. The van der Waals surface area contributed by atoms with Crippen LogP contribution in [0.4, 0.5) is 0 Å². The van der Waals surface area contributed by atoms with Crippen LogP contribution in [0.15, 0.2) is 47.1 Å². The fourth-order valence-corrected chi connectivity index (χ4v) is 4.16. The predicted octanol–water partition coefficient (Wildman–Crippen LogP) is 3.03. The zero-order chi connectivity index (χ0) is 21.8. The smallest absolute Gasteiger partial charge is 0.260 e. The molecule has 7 nitrogen and oxygen atoms in total. The Bertz CT molecular complexity index is 1030. The van der Waals surface area contributed by atoms with Gasteiger partial charge in [-0.1, -0.05) is 22.0 Å². The molecule has 1 saturated heterocycles. The van der Waals surface area contributed by atoms with E-state index in [9.17, 15) is 14.7 Å². The Hall–Kier alpha value is -2.84. The second kappa shape index (κ2) is 9.53. The van der Waals surface area contributed by atoms with Crippen LogP contribution in [0.3, 0.4) is 0 Å². The van der Waals surface area contributed by atoms with Gasteiger partial charge in [0.05, 0.1) is 5.57 Å². The van der Waals surface area contributed by atoms with Gasteiger partial charge in [-0.25, -0.2) is 0 Å². The van der Waals surface area contributed by atoms with E-state index in [0.29, 0.717) is 35.6 Å². The van der Waals surface area contributed by atoms with Crippen molar-refractivity contribution in [1.82, 2.24) is 15.5 Å². The van der Waals surface area contributed by atoms with E-state index in [2.05, 4.69) is 31.5 Å². The van der Waals surface area contributed by atoms with Crippen molar-refractivity contribution in [2.75, 3.05) is 26.2 Å². The van der Waals surface area contributed by atoms with Gasteiger partial charge in [0, 0.05) is 34.9 Å². The van der Waals surface area contributed by atoms with Gasteiger partial charge in [0.15, 0.2) is 11.5 Å². The third-order valence-corrected chi connectivity index (χ3v) is 5.92. The minimum Gasteiger partial charge on any atom is -0.504 e. The highest BCUT2D eigenvalue weighted by molar-refractivity contribution is 9.10. The highest BCUT2D eigenvalue weighted by Crippen LogP contribution is 2.28. The maximum absolute atomic E-state index is 12.3. The van der Waals surface area contributed by atoms with Gasteiger partial charge >= 0.3 is 0 Å². The number of imide groups is 1. The summed E-state index contributed by atoms with van der Waals surface area (Å²) in [6.07, 6.45) is 4.07. The molecule has 2 amide bonds. The van der Waals surface area contributed by atoms with Crippen LogP contribution in [0.2, 0.25) is 0 Å². The number of halogens is 1. The maximum atomic E-state index is 12.3. The molecule has 2 aliphatic rings. The number of hydrogen-bond donors (Lipinski definition) is 3. The molecule has 0 saturated carbocycles. The highest BCUT2D eigenvalue weighted by Gasteiger charge is 2.27. The Kier molecular flexibility index (Phi) is 6.58.